The maximum absolute atomic E-state index is 13.7. The first-order chi connectivity index (χ1) is 18.0. The number of hydrogen-bond donors (Lipinski definition) is 2. The molecule has 200 valence electrons. The first-order valence-electron chi connectivity index (χ1n) is 13.1. The van der Waals surface area contributed by atoms with Crippen LogP contribution in [0.25, 0.3) is 10.9 Å². The van der Waals surface area contributed by atoms with Gasteiger partial charge in [-0.3, -0.25) is 9.59 Å². The molecule has 3 saturated carbocycles. The third-order valence-corrected chi connectivity index (χ3v) is 10.6. The standard InChI is InChI=1S/C29H30Cl2N2O5/c1-27-7-5-17(34)9-15(27)3-4-18-20-6-8-29(37,28(20,2)12-22(35)24(18)27)23(36)13-38-26-19-10-16(30)11-21(31)25(19)32-14-33-26/h5,7,9-11,14,18,20,22,24,35,37H,3-4,6,8,12-13H2,1-2H3/t18?,20?,22?,24?,27?,28?,29-/m0/s1. The van der Waals surface area contributed by atoms with Crippen LogP contribution in [-0.4, -0.2) is 50.1 Å². The molecule has 38 heavy (non-hydrogen) atoms. The molecular formula is C29H30Cl2N2O5. The summed E-state index contributed by atoms with van der Waals surface area (Å²) in [7, 11) is 0. The largest absolute Gasteiger partial charge is 0.469 e. The molecular weight excluding hydrogens is 527 g/mol. The topological polar surface area (TPSA) is 110 Å². The maximum Gasteiger partial charge on any atom is 0.224 e. The minimum Gasteiger partial charge on any atom is -0.469 e. The Labute approximate surface area is 230 Å². The Morgan fingerprint density at radius 2 is 2.00 bits per heavy atom. The average molecular weight is 557 g/mol. The van der Waals surface area contributed by atoms with E-state index < -0.39 is 28.3 Å². The third-order valence-electron chi connectivity index (χ3n) is 10.1. The van der Waals surface area contributed by atoms with Gasteiger partial charge in [-0.2, -0.15) is 0 Å². The summed E-state index contributed by atoms with van der Waals surface area (Å²) in [6, 6.07) is 3.20. The lowest BCUT2D eigenvalue weighted by molar-refractivity contribution is -0.178. The van der Waals surface area contributed by atoms with Crippen LogP contribution < -0.4 is 4.74 Å². The van der Waals surface area contributed by atoms with Gasteiger partial charge in [0.2, 0.25) is 11.7 Å². The molecule has 6 unspecified atom stereocenters. The van der Waals surface area contributed by atoms with Crippen molar-refractivity contribution in [2.24, 2.45) is 28.6 Å². The second-order valence-corrected chi connectivity index (χ2v) is 12.6. The molecule has 3 fully saturated rings. The van der Waals surface area contributed by atoms with E-state index in [0.29, 0.717) is 40.2 Å². The molecule has 2 aromatic rings. The molecule has 7 atom stereocenters. The van der Waals surface area contributed by atoms with Crippen LogP contribution in [0.15, 0.2) is 42.3 Å². The van der Waals surface area contributed by atoms with Crippen LogP contribution in [0.2, 0.25) is 10.0 Å². The average Bonchev–Trinajstić information content (AvgIpc) is 3.13. The molecule has 1 aromatic heterocycles. The highest BCUT2D eigenvalue weighted by atomic mass is 35.5. The van der Waals surface area contributed by atoms with Gasteiger partial charge < -0.3 is 14.9 Å². The zero-order valence-corrected chi connectivity index (χ0v) is 22.8. The number of ketones is 2. The predicted molar refractivity (Wildman–Crippen MR) is 143 cm³/mol. The van der Waals surface area contributed by atoms with Crippen molar-refractivity contribution in [2.45, 2.75) is 57.7 Å². The van der Waals surface area contributed by atoms with E-state index in [1.807, 2.05) is 13.0 Å². The quantitative estimate of drug-likeness (QED) is 0.551. The minimum atomic E-state index is -1.64. The second-order valence-electron chi connectivity index (χ2n) is 11.8. The Balaban J connectivity index is 1.26. The number of hydrogen-bond acceptors (Lipinski definition) is 7. The summed E-state index contributed by atoms with van der Waals surface area (Å²) in [5.74, 6) is -0.154. The van der Waals surface area contributed by atoms with Gasteiger partial charge in [-0.1, -0.05) is 48.7 Å². The van der Waals surface area contributed by atoms with Gasteiger partial charge in [0.1, 0.15) is 11.9 Å². The molecule has 0 aliphatic heterocycles. The number of aliphatic hydroxyl groups excluding tert-OH is 1. The van der Waals surface area contributed by atoms with E-state index in [-0.39, 0.29) is 36.0 Å². The fraction of sp³-hybridized carbons (Fsp3) is 0.517. The number of nitrogens with zero attached hydrogens (tertiary/aromatic N) is 2. The number of carbonyl (C=O) groups is 2. The van der Waals surface area contributed by atoms with Gasteiger partial charge in [-0.05, 0) is 68.2 Å². The van der Waals surface area contributed by atoms with Gasteiger partial charge in [0, 0.05) is 21.8 Å². The Hall–Kier alpha value is -2.32. The minimum absolute atomic E-state index is 0.00657. The summed E-state index contributed by atoms with van der Waals surface area (Å²) in [6.07, 6.45) is 8.76. The molecule has 0 spiro atoms. The first kappa shape index (κ1) is 25.9. The lowest BCUT2D eigenvalue weighted by atomic mass is 9.46. The van der Waals surface area contributed by atoms with Crippen molar-refractivity contribution >= 4 is 45.7 Å². The van der Waals surface area contributed by atoms with Crippen molar-refractivity contribution in [3.05, 3.63) is 52.3 Å². The molecule has 0 bridgehead atoms. The molecule has 0 radical (unpaired) electrons. The highest BCUT2D eigenvalue weighted by molar-refractivity contribution is 6.38. The number of ether oxygens (including phenoxy) is 1. The van der Waals surface area contributed by atoms with Crippen LogP contribution in [0.4, 0.5) is 0 Å². The summed E-state index contributed by atoms with van der Waals surface area (Å²) in [4.78, 5) is 34.0. The highest BCUT2D eigenvalue weighted by Gasteiger charge is 2.68. The van der Waals surface area contributed by atoms with Crippen LogP contribution >= 0.6 is 23.2 Å². The van der Waals surface area contributed by atoms with E-state index in [0.717, 1.165) is 18.4 Å². The van der Waals surface area contributed by atoms with E-state index in [2.05, 4.69) is 16.9 Å². The number of benzene rings is 1. The lowest BCUT2D eigenvalue weighted by Crippen LogP contribution is -2.61. The number of rotatable bonds is 4. The van der Waals surface area contributed by atoms with Gasteiger partial charge in [0.15, 0.2) is 12.4 Å². The van der Waals surface area contributed by atoms with E-state index >= 15 is 0 Å². The first-order valence-corrected chi connectivity index (χ1v) is 13.8. The number of halogens is 2. The van der Waals surface area contributed by atoms with Crippen molar-refractivity contribution in [1.29, 1.82) is 0 Å². The second kappa shape index (κ2) is 8.85. The Kier molecular flexibility index (Phi) is 6.04. The summed E-state index contributed by atoms with van der Waals surface area (Å²) in [6.45, 7) is 3.67. The third kappa shape index (κ3) is 3.62. The van der Waals surface area contributed by atoms with Crippen molar-refractivity contribution < 1.29 is 24.5 Å². The summed E-state index contributed by atoms with van der Waals surface area (Å²) < 4.78 is 5.83. The molecule has 4 aliphatic carbocycles. The molecule has 4 aliphatic rings. The molecule has 6 rings (SSSR count). The summed E-state index contributed by atoms with van der Waals surface area (Å²) >= 11 is 12.4. The van der Waals surface area contributed by atoms with E-state index in [9.17, 15) is 19.8 Å². The van der Waals surface area contributed by atoms with E-state index in [1.54, 1.807) is 24.3 Å². The van der Waals surface area contributed by atoms with Crippen molar-refractivity contribution in [1.82, 2.24) is 9.97 Å². The maximum atomic E-state index is 13.7. The van der Waals surface area contributed by atoms with Gasteiger partial charge in [0.05, 0.1) is 22.0 Å². The van der Waals surface area contributed by atoms with Gasteiger partial charge in [0.25, 0.3) is 0 Å². The van der Waals surface area contributed by atoms with Crippen LogP contribution in [0, 0.1) is 28.6 Å². The normalized spacial score (nSPS) is 37.8. The number of Topliss-reactive ketones (excluding diaryl/α,β-unsaturated/α-hetero) is 1. The van der Waals surface area contributed by atoms with Crippen LogP contribution in [-0.2, 0) is 9.59 Å². The molecule has 9 heteroatoms. The van der Waals surface area contributed by atoms with Gasteiger partial charge >= 0.3 is 0 Å². The van der Waals surface area contributed by atoms with Crippen molar-refractivity contribution in [3.8, 4) is 5.88 Å². The Morgan fingerprint density at radius 3 is 2.79 bits per heavy atom. The number of allylic oxidation sites excluding steroid dienone is 4. The molecule has 0 amide bonds. The Morgan fingerprint density at radius 1 is 1.21 bits per heavy atom. The SMILES string of the molecule is CC12C=CC(=O)C=C1CCC1C2C(O)CC2(C)C1CC[C@]2(O)C(=O)COc1ncnc2c(Cl)cc(Cl)cc12. The van der Waals surface area contributed by atoms with Crippen LogP contribution in [0.5, 0.6) is 5.88 Å². The summed E-state index contributed by atoms with van der Waals surface area (Å²) in [5.41, 5.74) is -1.32. The lowest BCUT2D eigenvalue weighted by Gasteiger charge is -2.59. The molecule has 1 aromatic carbocycles. The molecule has 2 N–H and O–H groups in total. The highest BCUT2D eigenvalue weighted by Crippen LogP contribution is 2.67. The monoisotopic (exact) mass is 556 g/mol. The van der Waals surface area contributed by atoms with E-state index in [1.165, 1.54) is 6.33 Å². The number of aromatic nitrogens is 2. The predicted octanol–water partition coefficient (Wildman–Crippen LogP) is 4.89. The number of fused-ring (bicyclic) bond motifs is 6. The fourth-order valence-electron chi connectivity index (χ4n) is 8.23. The summed E-state index contributed by atoms with van der Waals surface area (Å²) in [5, 5.41) is 24.7. The van der Waals surface area contributed by atoms with Crippen molar-refractivity contribution in [3.63, 3.8) is 0 Å². The van der Waals surface area contributed by atoms with E-state index in [4.69, 9.17) is 27.9 Å². The van der Waals surface area contributed by atoms with Crippen molar-refractivity contribution in [2.75, 3.05) is 6.61 Å². The smallest absolute Gasteiger partial charge is 0.224 e. The molecule has 7 nitrogen and oxygen atoms in total. The molecule has 0 saturated heterocycles. The number of aliphatic hydroxyl groups is 2. The zero-order valence-electron chi connectivity index (χ0n) is 21.3. The van der Waals surface area contributed by atoms with Gasteiger partial charge in [-0.25, -0.2) is 9.97 Å². The Bertz CT molecular complexity index is 1430. The zero-order chi connectivity index (χ0) is 27.0. The molecule has 1 heterocycles. The van der Waals surface area contributed by atoms with Crippen LogP contribution in [0.1, 0.15) is 46.0 Å². The van der Waals surface area contributed by atoms with Gasteiger partial charge in [-0.15, -0.1) is 0 Å². The number of carbonyl (C=O) groups excluding carboxylic acids is 2. The fourth-order valence-corrected chi connectivity index (χ4v) is 8.77. The van der Waals surface area contributed by atoms with Crippen LogP contribution in [0.3, 0.4) is 0 Å².